The predicted octanol–water partition coefficient (Wildman–Crippen LogP) is 3.86. The van der Waals surface area contributed by atoms with Gasteiger partial charge in [-0.1, -0.05) is 44.0 Å². The summed E-state index contributed by atoms with van der Waals surface area (Å²) >= 11 is 0. The molecule has 0 aliphatic carbocycles. The van der Waals surface area contributed by atoms with Gasteiger partial charge in [-0.2, -0.15) is 0 Å². The Kier molecular flexibility index (Phi) is 6.86. The van der Waals surface area contributed by atoms with Crippen LogP contribution in [0.2, 0.25) is 0 Å². The van der Waals surface area contributed by atoms with Crippen LogP contribution < -0.4 is 0 Å². The predicted molar refractivity (Wildman–Crippen MR) is 75.5 cm³/mol. The van der Waals surface area contributed by atoms with Crippen molar-refractivity contribution in [1.29, 1.82) is 0 Å². The van der Waals surface area contributed by atoms with Crippen LogP contribution in [-0.2, 0) is 11.2 Å². The Morgan fingerprint density at radius 1 is 1.05 bits per heavy atom. The van der Waals surface area contributed by atoms with Crippen molar-refractivity contribution < 1.29 is 14.7 Å². The standard InChI is InChI=1S/C16H22O3/c1-2-3-4-8-13-9-5-6-10-14(13)15(17)11-7-12-16(18)19/h5-6,9-10H,2-4,7-8,11-12H2,1H3,(H,18,19). The largest absolute Gasteiger partial charge is 0.481 e. The normalized spacial score (nSPS) is 10.4. The molecule has 0 radical (unpaired) electrons. The summed E-state index contributed by atoms with van der Waals surface area (Å²) in [5.41, 5.74) is 1.86. The molecule has 3 heteroatoms. The molecule has 3 nitrogen and oxygen atoms in total. The molecule has 0 fully saturated rings. The third-order valence-corrected chi connectivity index (χ3v) is 3.16. The smallest absolute Gasteiger partial charge is 0.303 e. The molecular formula is C16H22O3. The summed E-state index contributed by atoms with van der Waals surface area (Å²) in [6.07, 6.45) is 5.14. The number of hydrogen-bond acceptors (Lipinski definition) is 2. The van der Waals surface area contributed by atoms with Gasteiger partial charge in [-0.25, -0.2) is 0 Å². The van der Waals surface area contributed by atoms with Gasteiger partial charge in [0.15, 0.2) is 5.78 Å². The molecule has 1 aromatic rings. The Bertz CT molecular complexity index is 424. The molecule has 0 amide bonds. The third kappa shape index (κ3) is 5.69. The average molecular weight is 262 g/mol. The number of carboxylic acids is 1. The molecule has 0 saturated carbocycles. The average Bonchev–Trinajstić information content (AvgIpc) is 2.39. The van der Waals surface area contributed by atoms with E-state index in [2.05, 4.69) is 6.92 Å². The van der Waals surface area contributed by atoms with E-state index in [9.17, 15) is 9.59 Å². The van der Waals surface area contributed by atoms with Crippen molar-refractivity contribution in [3.63, 3.8) is 0 Å². The summed E-state index contributed by atoms with van der Waals surface area (Å²) in [5.74, 6) is -0.780. The molecule has 0 spiro atoms. The van der Waals surface area contributed by atoms with Crippen LogP contribution in [0.15, 0.2) is 24.3 Å². The molecule has 1 rings (SSSR count). The topological polar surface area (TPSA) is 54.4 Å². The van der Waals surface area contributed by atoms with Gasteiger partial charge in [0.2, 0.25) is 0 Å². The van der Waals surface area contributed by atoms with Crippen molar-refractivity contribution in [3.8, 4) is 0 Å². The van der Waals surface area contributed by atoms with Crippen molar-refractivity contribution in [2.24, 2.45) is 0 Å². The molecule has 0 aliphatic rings. The number of hydrogen-bond donors (Lipinski definition) is 1. The second kappa shape index (κ2) is 8.46. The maximum atomic E-state index is 12.1. The summed E-state index contributed by atoms with van der Waals surface area (Å²) in [6.45, 7) is 2.16. The Morgan fingerprint density at radius 3 is 2.47 bits per heavy atom. The zero-order chi connectivity index (χ0) is 14.1. The minimum Gasteiger partial charge on any atom is -0.481 e. The first kappa shape index (κ1) is 15.4. The molecule has 104 valence electrons. The van der Waals surface area contributed by atoms with Crippen LogP contribution in [0.4, 0.5) is 0 Å². The monoisotopic (exact) mass is 262 g/mol. The summed E-state index contributed by atoms with van der Waals surface area (Å²) in [7, 11) is 0. The molecule has 0 aromatic heterocycles. The van der Waals surface area contributed by atoms with Gasteiger partial charge in [0, 0.05) is 18.4 Å². The lowest BCUT2D eigenvalue weighted by Gasteiger charge is -2.08. The molecule has 0 unspecified atom stereocenters. The van der Waals surface area contributed by atoms with Gasteiger partial charge < -0.3 is 5.11 Å². The van der Waals surface area contributed by atoms with Gasteiger partial charge in [0.1, 0.15) is 0 Å². The molecule has 1 aromatic carbocycles. The maximum Gasteiger partial charge on any atom is 0.303 e. The molecule has 0 bridgehead atoms. The van der Waals surface area contributed by atoms with Gasteiger partial charge >= 0.3 is 5.97 Å². The minimum atomic E-state index is -0.843. The van der Waals surface area contributed by atoms with Gasteiger partial charge in [-0.05, 0) is 24.8 Å². The highest BCUT2D eigenvalue weighted by Gasteiger charge is 2.11. The summed E-state index contributed by atoms with van der Waals surface area (Å²) in [4.78, 5) is 22.5. The van der Waals surface area contributed by atoms with Crippen LogP contribution in [0.1, 0.15) is 61.4 Å². The molecule has 1 N–H and O–H groups in total. The van der Waals surface area contributed by atoms with Crippen LogP contribution in [-0.4, -0.2) is 16.9 Å². The van der Waals surface area contributed by atoms with Crippen molar-refractivity contribution >= 4 is 11.8 Å². The molecule has 0 atom stereocenters. The fraction of sp³-hybridized carbons (Fsp3) is 0.500. The highest BCUT2D eigenvalue weighted by atomic mass is 16.4. The summed E-state index contributed by atoms with van der Waals surface area (Å²) in [6, 6.07) is 7.67. The molecule has 0 aliphatic heterocycles. The van der Waals surface area contributed by atoms with Gasteiger partial charge in [-0.15, -0.1) is 0 Å². The van der Waals surface area contributed by atoms with E-state index in [0.29, 0.717) is 12.8 Å². The Labute approximate surface area is 114 Å². The fourth-order valence-corrected chi connectivity index (χ4v) is 2.11. The number of unbranched alkanes of at least 4 members (excludes halogenated alkanes) is 2. The first-order valence-electron chi connectivity index (χ1n) is 6.98. The highest BCUT2D eigenvalue weighted by Crippen LogP contribution is 2.16. The number of carbonyl (C=O) groups excluding carboxylic acids is 1. The lowest BCUT2D eigenvalue weighted by molar-refractivity contribution is -0.137. The lowest BCUT2D eigenvalue weighted by Crippen LogP contribution is -2.05. The van der Waals surface area contributed by atoms with E-state index in [0.717, 1.165) is 30.4 Å². The molecular weight excluding hydrogens is 240 g/mol. The fourth-order valence-electron chi connectivity index (χ4n) is 2.11. The van der Waals surface area contributed by atoms with Crippen LogP contribution in [0.3, 0.4) is 0 Å². The third-order valence-electron chi connectivity index (χ3n) is 3.16. The van der Waals surface area contributed by atoms with Crippen LogP contribution in [0.25, 0.3) is 0 Å². The lowest BCUT2D eigenvalue weighted by atomic mass is 9.96. The van der Waals surface area contributed by atoms with E-state index in [-0.39, 0.29) is 12.2 Å². The van der Waals surface area contributed by atoms with Gasteiger partial charge in [0.05, 0.1) is 0 Å². The molecule has 0 heterocycles. The first-order valence-corrected chi connectivity index (χ1v) is 6.98. The van der Waals surface area contributed by atoms with Crippen molar-refractivity contribution in [1.82, 2.24) is 0 Å². The zero-order valence-electron chi connectivity index (χ0n) is 11.5. The number of benzene rings is 1. The van der Waals surface area contributed by atoms with Crippen molar-refractivity contribution in [3.05, 3.63) is 35.4 Å². The number of rotatable bonds is 9. The van der Waals surface area contributed by atoms with E-state index in [1.807, 2.05) is 24.3 Å². The maximum absolute atomic E-state index is 12.1. The quantitative estimate of drug-likeness (QED) is 0.543. The zero-order valence-corrected chi connectivity index (χ0v) is 11.5. The number of Topliss-reactive ketones (excluding diaryl/α,β-unsaturated/α-hetero) is 1. The first-order chi connectivity index (χ1) is 9.15. The number of ketones is 1. The number of carbonyl (C=O) groups is 2. The van der Waals surface area contributed by atoms with E-state index < -0.39 is 5.97 Å². The Morgan fingerprint density at radius 2 is 1.79 bits per heavy atom. The van der Waals surface area contributed by atoms with Crippen LogP contribution >= 0.6 is 0 Å². The van der Waals surface area contributed by atoms with Gasteiger partial charge in [-0.3, -0.25) is 9.59 Å². The molecule has 19 heavy (non-hydrogen) atoms. The van der Waals surface area contributed by atoms with E-state index in [1.165, 1.54) is 6.42 Å². The number of aryl methyl sites for hydroxylation is 1. The van der Waals surface area contributed by atoms with E-state index in [1.54, 1.807) is 0 Å². The second-order valence-electron chi connectivity index (χ2n) is 4.78. The van der Waals surface area contributed by atoms with Crippen molar-refractivity contribution in [2.75, 3.05) is 0 Å². The van der Waals surface area contributed by atoms with Gasteiger partial charge in [0.25, 0.3) is 0 Å². The summed E-state index contributed by atoms with van der Waals surface area (Å²) < 4.78 is 0. The van der Waals surface area contributed by atoms with Crippen LogP contribution in [0.5, 0.6) is 0 Å². The Balaban J connectivity index is 2.59. The van der Waals surface area contributed by atoms with Crippen LogP contribution in [0, 0.1) is 0 Å². The second-order valence-corrected chi connectivity index (χ2v) is 4.78. The molecule has 0 saturated heterocycles. The van der Waals surface area contributed by atoms with Crippen molar-refractivity contribution in [2.45, 2.75) is 51.9 Å². The SMILES string of the molecule is CCCCCc1ccccc1C(=O)CCCC(=O)O. The highest BCUT2D eigenvalue weighted by molar-refractivity contribution is 5.97. The number of carboxylic acid groups (broad SMARTS) is 1. The summed E-state index contributed by atoms with van der Waals surface area (Å²) in [5, 5.41) is 8.58. The Hall–Kier alpha value is -1.64. The minimum absolute atomic E-state index is 0.0593. The number of aliphatic carboxylic acids is 1. The van der Waals surface area contributed by atoms with E-state index in [4.69, 9.17) is 5.11 Å². The van der Waals surface area contributed by atoms with E-state index >= 15 is 0 Å².